The summed E-state index contributed by atoms with van der Waals surface area (Å²) in [6.45, 7) is 2.20. The summed E-state index contributed by atoms with van der Waals surface area (Å²) < 4.78 is 0. The van der Waals surface area contributed by atoms with Gasteiger partial charge in [-0.1, -0.05) is 59.0 Å². The van der Waals surface area contributed by atoms with Crippen LogP contribution in [0.5, 0.6) is 0 Å². The number of hydrogen-bond acceptors (Lipinski definition) is 0. The Morgan fingerprint density at radius 2 is 1.64 bits per heavy atom. The average Bonchev–Trinajstić information content (AvgIpc) is 2.59. The molecule has 3 rings (SSSR count). The number of aryl methyl sites for hydroxylation is 1. The Morgan fingerprint density at radius 3 is 2.57 bits per heavy atom. The van der Waals surface area contributed by atoms with E-state index >= 15 is 0 Å². The smallest absolute Gasteiger partial charge is 0.0709 e. The summed E-state index contributed by atoms with van der Waals surface area (Å²) in [7, 11) is 1.11. The van der Waals surface area contributed by atoms with E-state index in [1.807, 2.05) is 0 Å². The predicted molar refractivity (Wildman–Crippen MR) is 63.0 cm³/mol. The molecule has 1 aliphatic heterocycles. The van der Waals surface area contributed by atoms with E-state index in [-0.39, 0.29) is 0 Å². The van der Waals surface area contributed by atoms with Gasteiger partial charge in [0.15, 0.2) is 7.28 Å². The lowest BCUT2D eigenvalue weighted by molar-refractivity contribution is 1.52. The van der Waals surface area contributed by atoms with Crippen molar-refractivity contribution in [3.63, 3.8) is 0 Å². The maximum Gasteiger partial charge on any atom is 0.194 e. The second-order valence-electron chi connectivity index (χ2n) is 3.93. The molecule has 0 saturated heterocycles. The first-order valence-corrected chi connectivity index (χ1v) is 5.03. The fourth-order valence-electron chi connectivity index (χ4n) is 2.32. The van der Waals surface area contributed by atoms with Crippen molar-refractivity contribution in [2.75, 3.05) is 0 Å². The molecule has 0 N–H and O–H groups in total. The van der Waals surface area contributed by atoms with Crippen LogP contribution in [0.2, 0.25) is 0 Å². The van der Waals surface area contributed by atoms with Gasteiger partial charge in [-0.15, -0.1) is 0 Å². The first kappa shape index (κ1) is 7.87. The Balaban J connectivity index is 2.33. The Bertz CT molecular complexity index is 500. The topological polar surface area (TPSA) is 0 Å². The normalized spacial score (nSPS) is 11.8. The molecule has 2 aromatic carbocycles. The van der Waals surface area contributed by atoms with Gasteiger partial charge in [0.25, 0.3) is 0 Å². The minimum Gasteiger partial charge on any atom is -0.0709 e. The second-order valence-corrected chi connectivity index (χ2v) is 3.93. The van der Waals surface area contributed by atoms with Crippen LogP contribution >= 0.6 is 0 Å². The van der Waals surface area contributed by atoms with E-state index in [9.17, 15) is 0 Å². The van der Waals surface area contributed by atoms with E-state index in [4.69, 9.17) is 0 Å². The third kappa shape index (κ3) is 0.956. The maximum absolute atomic E-state index is 2.23. The molecule has 0 nitrogen and oxygen atoms in total. The zero-order valence-corrected chi connectivity index (χ0v) is 8.25. The first-order valence-electron chi connectivity index (χ1n) is 5.03. The van der Waals surface area contributed by atoms with Gasteiger partial charge in [0, 0.05) is 0 Å². The second kappa shape index (κ2) is 2.75. The quantitative estimate of drug-likeness (QED) is 0.456. The summed E-state index contributed by atoms with van der Waals surface area (Å²) in [6, 6.07) is 15.3. The number of fused-ring (bicyclic) bond motifs is 3. The molecular formula is C13H11B. The van der Waals surface area contributed by atoms with Crippen LogP contribution in [0.25, 0.3) is 11.1 Å². The van der Waals surface area contributed by atoms with Crippen LogP contribution in [0.15, 0.2) is 42.5 Å². The lowest BCUT2D eigenvalue weighted by Crippen LogP contribution is -2.22. The van der Waals surface area contributed by atoms with Gasteiger partial charge in [-0.05, 0) is 18.1 Å². The average molecular weight is 178 g/mol. The molecule has 2 aromatic rings. The molecule has 0 aromatic heterocycles. The third-order valence-corrected chi connectivity index (χ3v) is 3.09. The Hall–Kier alpha value is -1.50. The van der Waals surface area contributed by atoms with E-state index in [1.165, 1.54) is 27.6 Å². The molecule has 0 bridgehead atoms. The van der Waals surface area contributed by atoms with Crippen LogP contribution in [-0.2, 0) is 0 Å². The van der Waals surface area contributed by atoms with E-state index in [2.05, 4.69) is 49.4 Å². The molecule has 0 saturated carbocycles. The van der Waals surface area contributed by atoms with Crippen molar-refractivity contribution in [2.24, 2.45) is 0 Å². The van der Waals surface area contributed by atoms with Crippen LogP contribution < -0.4 is 10.9 Å². The summed E-state index contributed by atoms with van der Waals surface area (Å²) in [5.41, 5.74) is 7.25. The van der Waals surface area contributed by atoms with Gasteiger partial charge in [-0.2, -0.15) is 0 Å². The highest BCUT2D eigenvalue weighted by Crippen LogP contribution is 2.20. The minimum atomic E-state index is 1.11. The van der Waals surface area contributed by atoms with E-state index < -0.39 is 0 Å². The zero-order valence-electron chi connectivity index (χ0n) is 8.25. The molecule has 1 heteroatoms. The molecule has 0 radical (unpaired) electrons. The van der Waals surface area contributed by atoms with Gasteiger partial charge >= 0.3 is 0 Å². The fraction of sp³-hybridized carbons (Fsp3) is 0.0769. The highest BCUT2D eigenvalue weighted by molar-refractivity contribution is 6.73. The van der Waals surface area contributed by atoms with Gasteiger partial charge in [0.2, 0.25) is 0 Å². The zero-order chi connectivity index (χ0) is 9.54. The third-order valence-electron chi connectivity index (χ3n) is 3.09. The lowest BCUT2D eigenvalue weighted by Gasteiger charge is -2.02. The monoisotopic (exact) mass is 178 g/mol. The molecule has 0 fully saturated rings. The van der Waals surface area contributed by atoms with Crippen molar-refractivity contribution in [1.29, 1.82) is 0 Å². The van der Waals surface area contributed by atoms with Crippen molar-refractivity contribution in [3.8, 4) is 11.1 Å². The highest BCUT2D eigenvalue weighted by Gasteiger charge is 2.19. The maximum atomic E-state index is 2.23. The van der Waals surface area contributed by atoms with E-state index in [1.54, 1.807) is 0 Å². The van der Waals surface area contributed by atoms with Crippen LogP contribution in [0.4, 0.5) is 0 Å². The first-order chi connectivity index (χ1) is 6.86. The van der Waals surface area contributed by atoms with Gasteiger partial charge in [-0.25, -0.2) is 0 Å². The summed E-state index contributed by atoms with van der Waals surface area (Å²) in [6.07, 6.45) is 0. The van der Waals surface area contributed by atoms with Crippen LogP contribution in [0.1, 0.15) is 5.56 Å². The van der Waals surface area contributed by atoms with Gasteiger partial charge in [0.05, 0.1) is 0 Å². The van der Waals surface area contributed by atoms with Crippen molar-refractivity contribution < 1.29 is 0 Å². The lowest BCUT2D eigenvalue weighted by atomic mass is 9.66. The van der Waals surface area contributed by atoms with Crippen molar-refractivity contribution in [3.05, 3.63) is 48.0 Å². The number of hydrogen-bond donors (Lipinski definition) is 0. The predicted octanol–water partition coefficient (Wildman–Crippen LogP) is 1.36. The molecule has 1 aliphatic rings. The molecule has 0 aliphatic carbocycles. The summed E-state index contributed by atoms with van der Waals surface area (Å²) in [5.74, 6) is 0. The fourth-order valence-corrected chi connectivity index (χ4v) is 2.32. The largest absolute Gasteiger partial charge is 0.194 e. The minimum absolute atomic E-state index is 1.11. The van der Waals surface area contributed by atoms with Gasteiger partial charge in [-0.3, -0.25) is 0 Å². The molecule has 14 heavy (non-hydrogen) atoms. The molecule has 0 spiro atoms. The summed E-state index contributed by atoms with van der Waals surface area (Å²) in [5, 5.41) is 0. The van der Waals surface area contributed by atoms with Crippen molar-refractivity contribution in [1.82, 2.24) is 0 Å². The SMILES string of the molecule is Cc1cccc2c1Bc1ccccc1-2. The number of benzene rings is 2. The van der Waals surface area contributed by atoms with E-state index in [0.29, 0.717) is 0 Å². The molecule has 0 amide bonds. The standard InChI is InChI=1S/C13H11B/c1-9-5-4-7-11-10-6-2-3-8-12(10)14-13(9)11/h2-8,14H,1H3. The van der Waals surface area contributed by atoms with Crippen LogP contribution in [-0.4, -0.2) is 7.28 Å². The van der Waals surface area contributed by atoms with Crippen LogP contribution in [0.3, 0.4) is 0 Å². The van der Waals surface area contributed by atoms with Crippen LogP contribution in [0, 0.1) is 6.92 Å². The summed E-state index contributed by atoms with van der Waals surface area (Å²) >= 11 is 0. The Labute approximate surface area is 84.8 Å². The molecule has 0 atom stereocenters. The van der Waals surface area contributed by atoms with Crippen molar-refractivity contribution in [2.45, 2.75) is 6.92 Å². The molecule has 1 heterocycles. The Kier molecular flexibility index (Phi) is 1.54. The van der Waals surface area contributed by atoms with E-state index in [0.717, 1.165) is 7.28 Å². The van der Waals surface area contributed by atoms with Crippen molar-refractivity contribution >= 4 is 18.2 Å². The molecule has 0 unspecified atom stereocenters. The Morgan fingerprint density at radius 1 is 0.857 bits per heavy atom. The summed E-state index contributed by atoms with van der Waals surface area (Å²) in [4.78, 5) is 0. The highest BCUT2D eigenvalue weighted by atomic mass is 14.1. The van der Waals surface area contributed by atoms with Gasteiger partial charge in [0.1, 0.15) is 0 Å². The molecular weight excluding hydrogens is 167 g/mol. The molecule has 66 valence electrons. The van der Waals surface area contributed by atoms with Gasteiger partial charge < -0.3 is 0 Å². The number of rotatable bonds is 0.